The second kappa shape index (κ2) is 10.2. The fourth-order valence-electron chi connectivity index (χ4n) is 5.62. The Morgan fingerprint density at radius 2 is 1.09 bits per heavy atom. The number of fused-ring (bicyclic) bond motifs is 4. The molecule has 0 fully saturated rings. The standard InChI is InChI=1S/C34H10F4N6/c35-30-31(36)33(44-34(38)32(30)37)17-6-8-22-21-7-5-16(9-24(21)27(25(22)10-17)18(11-39)12-40)28-26(15-43)20-3-1-2-4-23(20)29(28)19(13-41)14-42/h1-10H. The maximum atomic E-state index is 14.7. The fraction of sp³-hybridized carbons (Fsp3) is 0. The van der Waals surface area contributed by atoms with Crippen molar-refractivity contribution in [2.45, 2.75) is 0 Å². The molecule has 204 valence electrons. The smallest absolute Gasteiger partial charge is 0.214 e. The van der Waals surface area contributed by atoms with Crippen LogP contribution in [0.15, 0.2) is 71.8 Å². The molecule has 0 unspecified atom stereocenters. The summed E-state index contributed by atoms with van der Waals surface area (Å²) in [6.45, 7) is 0. The molecule has 3 aromatic carbocycles. The largest absolute Gasteiger partial charge is 0.252 e. The minimum Gasteiger partial charge on any atom is -0.214 e. The van der Waals surface area contributed by atoms with Crippen LogP contribution in [-0.2, 0) is 0 Å². The van der Waals surface area contributed by atoms with Gasteiger partial charge < -0.3 is 0 Å². The minimum absolute atomic E-state index is 0.119. The molecule has 1 heterocycles. The molecule has 6 nitrogen and oxygen atoms in total. The molecule has 4 aromatic rings. The maximum Gasteiger partial charge on any atom is 0.252 e. The summed E-state index contributed by atoms with van der Waals surface area (Å²) < 4.78 is 56.2. The number of benzene rings is 3. The Morgan fingerprint density at radius 1 is 0.545 bits per heavy atom. The number of hydrogen-bond acceptors (Lipinski definition) is 6. The zero-order valence-electron chi connectivity index (χ0n) is 22.0. The van der Waals surface area contributed by atoms with Crippen LogP contribution in [0.5, 0.6) is 0 Å². The van der Waals surface area contributed by atoms with Gasteiger partial charge in [-0.1, -0.05) is 48.5 Å². The normalized spacial score (nSPS) is 12.2. The molecule has 0 saturated carbocycles. The topological polar surface area (TPSA) is 132 Å². The number of allylic oxidation sites excluding steroid dienone is 5. The van der Waals surface area contributed by atoms with Crippen LogP contribution < -0.4 is 0 Å². The van der Waals surface area contributed by atoms with Gasteiger partial charge in [0.2, 0.25) is 11.6 Å². The van der Waals surface area contributed by atoms with Gasteiger partial charge in [-0.3, -0.25) is 0 Å². The molecule has 0 amide bonds. The predicted octanol–water partition coefficient (Wildman–Crippen LogP) is 7.38. The van der Waals surface area contributed by atoms with Crippen LogP contribution in [0.3, 0.4) is 0 Å². The first-order valence-electron chi connectivity index (χ1n) is 12.6. The van der Waals surface area contributed by atoms with E-state index in [2.05, 4.69) is 11.1 Å². The summed E-state index contributed by atoms with van der Waals surface area (Å²) in [5.74, 6) is -7.65. The van der Waals surface area contributed by atoms with E-state index in [4.69, 9.17) is 0 Å². The third-order valence-corrected chi connectivity index (χ3v) is 7.44. The fourth-order valence-corrected chi connectivity index (χ4v) is 5.62. The number of aromatic nitrogens is 1. The lowest BCUT2D eigenvalue weighted by molar-refractivity contribution is 0.393. The maximum absolute atomic E-state index is 14.7. The zero-order chi connectivity index (χ0) is 31.3. The van der Waals surface area contributed by atoms with Crippen LogP contribution in [0, 0.1) is 80.1 Å². The lowest BCUT2D eigenvalue weighted by Gasteiger charge is -2.11. The van der Waals surface area contributed by atoms with Gasteiger partial charge in [-0.05, 0) is 45.5 Å². The van der Waals surface area contributed by atoms with Crippen LogP contribution in [0.25, 0.3) is 44.7 Å². The molecule has 2 aliphatic rings. The Kier molecular flexibility index (Phi) is 6.37. The van der Waals surface area contributed by atoms with Gasteiger partial charge in [0.25, 0.3) is 5.95 Å². The summed E-state index contributed by atoms with van der Waals surface area (Å²) in [7, 11) is 0. The van der Waals surface area contributed by atoms with E-state index in [-0.39, 0.29) is 39.0 Å². The molecule has 0 aliphatic heterocycles. The number of halogens is 4. The van der Waals surface area contributed by atoms with Crippen molar-refractivity contribution in [3.05, 3.63) is 123 Å². The Morgan fingerprint density at radius 3 is 1.68 bits per heavy atom. The second-order valence-electron chi connectivity index (χ2n) is 9.57. The Hall–Kier alpha value is -6.80. The molecule has 1 aromatic heterocycles. The molecule has 0 radical (unpaired) electrons. The molecule has 0 atom stereocenters. The van der Waals surface area contributed by atoms with Crippen molar-refractivity contribution in [1.29, 1.82) is 26.3 Å². The Labute approximate surface area is 246 Å². The highest BCUT2D eigenvalue weighted by Crippen LogP contribution is 2.51. The van der Waals surface area contributed by atoms with Crippen LogP contribution >= 0.6 is 0 Å². The average molecular weight is 578 g/mol. The molecule has 10 heteroatoms. The number of nitrogens with zero attached hydrogens (tertiary/aromatic N) is 6. The first-order chi connectivity index (χ1) is 21.3. The second-order valence-corrected chi connectivity index (χ2v) is 9.57. The molecule has 0 N–H and O–H groups in total. The summed E-state index contributed by atoms with van der Waals surface area (Å²) in [6, 6.07) is 25.5. The minimum atomic E-state index is -2.06. The molecule has 44 heavy (non-hydrogen) atoms. The highest BCUT2D eigenvalue weighted by Gasteiger charge is 2.33. The van der Waals surface area contributed by atoms with Gasteiger partial charge in [-0.2, -0.15) is 35.1 Å². The van der Waals surface area contributed by atoms with Crippen molar-refractivity contribution in [2.24, 2.45) is 0 Å². The predicted molar refractivity (Wildman–Crippen MR) is 149 cm³/mol. The van der Waals surface area contributed by atoms with Gasteiger partial charge in [0.05, 0.1) is 5.57 Å². The molecule has 0 saturated heterocycles. The van der Waals surface area contributed by atoms with Crippen molar-refractivity contribution in [3.63, 3.8) is 0 Å². The summed E-state index contributed by atoms with van der Waals surface area (Å²) in [4.78, 5) is 3.24. The van der Waals surface area contributed by atoms with E-state index in [1.165, 1.54) is 18.2 Å². The van der Waals surface area contributed by atoms with E-state index in [0.717, 1.165) is 0 Å². The molecule has 0 bridgehead atoms. The number of nitriles is 5. The van der Waals surface area contributed by atoms with Gasteiger partial charge in [0.15, 0.2) is 5.82 Å². The number of rotatable bonds is 2. The van der Waals surface area contributed by atoms with E-state index in [0.29, 0.717) is 39.0 Å². The van der Waals surface area contributed by atoms with Crippen LogP contribution in [0.2, 0.25) is 0 Å². The van der Waals surface area contributed by atoms with Crippen LogP contribution in [0.4, 0.5) is 17.6 Å². The third kappa shape index (κ3) is 3.79. The highest BCUT2D eigenvalue weighted by molar-refractivity contribution is 6.26. The average Bonchev–Trinajstić information content (AvgIpc) is 3.55. The monoisotopic (exact) mass is 578 g/mol. The lowest BCUT2D eigenvalue weighted by atomic mass is 9.90. The summed E-state index contributed by atoms with van der Waals surface area (Å²) in [6.07, 6.45) is 0. The summed E-state index contributed by atoms with van der Waals surface area (Å²) >= 11 is 0. The highest BCUT2D eigenvalue weighted by atomic mass is 19.2. The SMILES string of the molecule is N#CC(C#N)=C1C(c2ccc3c(c2)C(=C(C#N)C#N)c2cc(-c4nc(F)c(F)c(F)c4F)ccc2-3)=C(C#N)c2ccccc21. The van der Waals surface area contributed by atoms with E-state index >= 15 is 0 Å². The van der Waals surface area contributed by atoms with Crippen molar-refractivity contribution in [1.82, 2.24) is 4.98 Å². The molecule has 0 spiro atoms. The lowest BCUT2D eigenvalue weighted by Crippen LogP contribution is -2.03. The molecular weight excluding hydrogens is 568 g/mol. The van der Waals surface area contributed by atoms with E-state index in [9.17, 15) is 43.9 Å². The van der Waals surface area contributed by atoms with E-state index in [1.807, 2.05) is 24.3 Å². The van der Waals surface area contributed by atoms with E-state index < -0.39 is 29.1 Å². The summed E-state index contributed by atoms with van der Waals surface area (Å²) in [5, 5.41) is 49.4. The van der Waals surface area contributed by atoms with Crippen molar-refractivity contribution in [2.75, 3.05) is 0 Å². The van der Waals surface area contributed by atoms with E-state index in [1.54, 1.807) is 42.5 Å². The summed E-state index contributed by atoms with van der Waals surface area (Å²) in [5.41, 5.74) is 2.49. The molecule has 2 aliphatic carbocycles. The molecular formula is C34H10F4N6. The number of pyridine rings is 1. The van der Waals surface area contributed by atoms with Gasteiger partial charge in [-0.15, -0.1) is 0 Å². The quantitative estimate of drug-likeness (QED) is 0.122. The zero-order valence-corrected chi connectivity index (χ0v) is 22.0. The van der Waals surface area contributed by atoms with Crippen molar-refractivity contribution in [3.8, 4) is 52.7 Å². The van der Waals surface area contributed by atoms with Crippen molar-refractivity contribution < 1.29 is 17.6 Å². The van der Waals surface area contributed by atoms with Gasteiger partial charge in [-0.25, -0.2) is 13.8 Å². The van der Waals surface area contributed by atoms with Gasteiger partial charge in [0, 0.05) is 27.8 Å². The molecule has 6 rings (SSSR count). The van der Waals surface area contributed by atoms with Crippen LogP contribution in [0.1, 0.15) is 27.8 Å². The van der Waals surface area contributed by atoms with Crippen molar-refractivity contribution >= 4 is 22.3 Å². The first kappa shape index (κ1) is 27.4. The van der Waals surface area contributed by atoms with Gasteiger partial charge >= 0.3 is 0 Å². The Bertz CT molecular complexity index is 2300. The third-order valence-electron chi connectivity index (χ3n) is 7.44. The first-order valence-corrected chi connectivity index (χ1v) is 12.6. The number of hydrogen-bond donors (Lipinski definition) is 0. The van der Waals surface area contributed by atoms with Crippen LogP contribution in [-0.4, -0.2) is 4.98 Å². The Balaban J connectivity index is 1.62. The van der Waals surface area contributed by atoms with Gasteiger partial charge in [0.1, 0.15) is 47.2 Å².